The molecular weight excluding hydrogens is 368 g/mol. The molecule has 0 aromatic carbocycles. The Morgan fingerprint density at radius 1 is 1.24 bits per heavy atom. The van der Waals surface area contributed by atoms with Gasteiger partial charge in [0.2, 0.25) is 5.91 Å². The molecule has 7 heteroatoms. The third-order valence-corrected chi connectivity index (χ3v) is 6.05. The van der Waals surface area contributed by atoms with Crippen molar-refractivity contribution in [1.29, 1.82) is 0 Å². The van der Waals surface area contributed by atoms with E-state index in [9.17, 15) is 9.59 Å². The number of carbonyl (C=O) groups excluding carboxylic acids is 2. The van der Waals surface area contributed by atoms with Crippen LogP contribution in [0.15, 0.2) is 36.7 Å². The van der Waals surface area contributed by atoms with Gasteiger partial charge in [-0.25, -0.2) is 0 Å². The van der Waals surface area contributed by atoms with E-state index in [4.69, 9.17) is 4.74 Å². The molecule has 0 radical (unpaired) electrons. The highest BCUT2D eigenvalue weighted by molar-refractivity contribution is 5.98. The summed E-state index contributed by atoms with van der Waals surface area (Å²) in [4.78, 5) is 34.6. The molecule has 0 saturated carbocycles. The lowest BCUT2D eigenvalue weighted by atomic mass is 9.94. The number of ether oxygens (including phenoxy) is 1. The van der Waals surface area contributed by atoms with Crippen molar-refractivity contribution in [3.05, 3.63) is 53.5 Å². The standard InChI is InChI=1S/C22H24N4O3/c27-20-5-1-3-14-11-24-22(28)18-9-19(25-21(14)18)17-6-7-23-10-15(17)13-29-16-4-2-8-26(20)12-16/h1,5-7,9-10,14,16,25H,2-4,8,11-13H2,(H,24,28). The van der Waals surface area contributed by atoms with Crippen molar-refractivity contribution >= 4 is 11.8 Å². The molecule has 1 saturated heterocycles. The number of aromatic nitrogens is 2. The maximum absolute atomic E-state index is 12.6. The van der Waals surface area contributed by atoms with Crippen molar-refractivity contribution in [2.45, 2.75) is 37.9 Å². The summed E-state index contributed by atoms with van der Waals surface area (Å²) in [6, 6.07) is 3.87. The van der Waals surface area contributed by atoms with Crippen LogP contribution in [0.1, 0.15) is 46.8 Å². The second-order valence-corrected chi connectivity index (χ2v) is 7.95. The monoisotopic (exact) mass is 392 g/mol. The summed E-state index contributed by atoms with van der Waals surface area (Å²) in [5, 5.41) is 2.97. The van der Waals surface area contributed by atoms with Crippen molar-refractivity contribution in [2.75, 3.05) is 19.6 Å². The summed E-state index contributed by atoms with van der Waals surface area (Å²) in [5.74, 6) is 0.0798. The van der Waals surface area contributed by atoms with E-state index in [1.807, 2.05) is 29.3 Å². The molecule has 3 aliphatic heterocycles. The Morgan fingerprint density at radius 2 is 2.17 bits per heavy atom. The van der Waals surface area contributed by atoms with Gasteiger partial charge in [0.15, 0.2) is 0 Å². The summed E-state index contributed by atoms with van der Waals surface area (Å²) in [5.41, 5.74) is 4.47. The summed E-state index contributed by atoms with van der Waals surface area (Å²) in [6.45, 7) is 2.37. The summed E-state index contributed by atoms with van der Waals surface area (Å²) in [7, 11) is 0. The number of nitrogens with one attached hydrogen (secondary N) is 2. The van der Waals surface area contributed by atoms with Crippen LogP contribution in [0.5, 0.6) is 0 Å². The van der Waals surface area contributed by atoms with Gasteiger partial charge in [-0.1, -0.05) is 6.08 Å². The molecule has 29 heavy (non-hydrogen) atoms. The highest BCUT2D eigenvalue weighted by Crippen LogP contribution is 2.33. The Labute approximate surface area is 169 Å². The number of piperidine rings is 1. The van der Waals surface area contributed by atoms with Gasteiger partial charge >= 0.3 is 0 Å². The van der Waals surface area contributed by atoms with Gasteiger partial charge in [-0.15, -0.1) is 0 Å². The number of fused-ring (bicyclic) bond motifs is 5. The van der Waals surface area contributed by atoms with E-state index in [1.165, 1.54) is 0 Å². The van der Waals surface area contributed by atoms with Gasteiger partial charge in [-0.05, 0) is 37.5 Å². The van der Waals surface area contributed by atoms with Gasteiger partial charge in [0.1, 0.15) is 0 Å². The number of allylic oxidation sites excluding steroid dienone is 1. The van der Waals surface area contributed by atoms with Crippen LogP contribution in [0.25, 0.3) is 11.3 Å². The first-order valence-electron chi connectivity index (χ1n) is 10.2. The Hall–Kier alpha value is -2.93. The minimum Gasteiger partial charge on any atom is -0.372 e. The zero-order chi connectivity index (χ0) is 19.8. The summed E-state index contributed by atoms with van der Waals surface area (Å²) in [6.07, 6.45) is 9.77. The highest BCUT2D eigenvalue weighted by Gasteiger charge is 2.29. The molecule has 5 heterocycles. The SMILES string of the molecule is O=C1NCC2CC=CC(=O)N3CCCC(C3)OCc3cnccc3-c3cc1c2[nH]3. The molecule has 2 unspecified atom stereocenters. The fourth-order valence-electron chi connectivity index (χ4n) is 4.47. The number of nitrogens with zero attached hydrogens (tertiary/aromatic N) is 2. The lowest BCUT2D eigenvalue weighted by Crippen LogP contribution is -2.42. The molecule has 2 atom stereocenters. The van der Waals surface area contributed by atoms with Crippen molar-refractivity contribution in [3.63, 3.8) is 0 Å². The minimum atomic E-state index is -0.0626. The molecule has 150 valence electrons. The number of hydrogen-bond acceptors (Lipinski definition) is 4. The van der Waals surface area contributed by atoms with E-state index in [1.54, 1.807) is 12.3 Å². The van der Waals surface area contributed by atoms with Crippen LogP contribution < -0.4 is 5.32 Å². The fourth-order valence-corrected chi connectivity index (χ4v) is 4.47. The molecule has 3 aliphatic rings. The highest BCUT2D eigenvalue weighted by atomic mass is 16.5. The molecule has 0 aliphatic carbocycles. The number of hydrogen-bond donors (Lipinski definition) is 2. The van der Waals surface area contributed by atoms with Crippen LogP contribution in [0.4, 0.5) is 0 Å². The molecule has 1 fully saturated rings. The number of H-pyrrole nitrogens is 1. The first-order chi connectivity index (χ1) is 14.2. The molecule has 2 amide bonds. The lowest BCUT2D eigenvalue weighted by molar-refractivity contribution is -0.130. The normalized spacial score (nSPS) is 24.3. The van der Waals surface area contributed by atoms with Gasteiger partial charge in [-0.3, -0.25) is 14.6 Å². The minimum absolute atomic E-state index is 0.0199. The zero-order valence-electron chi connectivity index (χ0n) is 16.2. The van der Waals surface area contributed by atoms with Crippen LogP contribution in [-0.4, -0.2) is 52.4 Å². The number of carbonyl (C=O) groups is 2. The van der Waals surface area contributed by atoms with E-state index >= 15 is 0 Å². The predicted octanol–water partition coefficient (Wildman–Crippen LogP) is 2.37. The summed E-state index contributed by atoms with van der Waals surface area (Å²) < 4.78 is 6.17. The molecular formula is C22H24N4O3. The van der Waals surface area contributed by atoms with Crippen LogP contribution in [-0.2, 0) is 16.1 Å². The number of amides is 2. The van der Waals surface area contributed by atoms with Crippen molar-refractivity contribution in [2.24, 2.45) is 0 Å². The predicted molar refractivity (Wildman–Crippen MR) is 107 cm³/mol. The molecule has 4 bridgehead atoms. The van der Waals surface area contributed by atoms with Gasteiger partial charge in [0.05, 0.1) is 18.3 Å². The Kier molecular flexibility index (Phi) is 4.67. The molecule has 2 N–H and O–H groups in total. The quantitative estimate of drug-likeness (QED) is 0.721. The molecule has 2 aromatic rings. The number of rotatable bonds is 0. The van der Waals surface area contributed by atoms with Crippen LogP contribution in [0.3, 0.4) is 0 Å². The van der Waals surface area contributed by atoms with E-state index < -0.39 is 0 Å². The second kappa shape index (κ2) is 7.48. The first-order valence-corrected chi connectivity index (χ1v) is 10.2. The van der Waals surface area contributed by atoms with Crippen LogP contribution in [0.2, 0.25) is 0 Å². The van der Waals surface area contributed by atoms with Crippen LogP contribution in [0, 0.1) is 0 Å². The Balaban J connectivity index is 1.56. The Morgan fingerprint density at radius 3 is 3.10 bits per heavy atom. The lowest BCUT2D eigenvalue weighted by Gasteiger charge is -2.32. The fraction of sp³-hybridized carbons (Fsp3) is 0.409. The molecule has 7 nitrogen and oxygen atoms in total. The third-order valence-electron chi connectivity index (χ3n) is 6.05. The van der Waals surface area contributed by atoms with Gasteiger partial charge in [-0.2, -0.15) is 0 Å². The smallest absolute Gasteiger partial charge is 0.253 e. The topological polar surface area (TPSA) is 87.3 Å². The third kappa shape index (κ3) is 3.46. The first kappa shape index (κ1) is 18.1. The van der Waals surface area contributed by atoms with E-state index in [0.29, 0.717) is 31.7 Å². The number of pyridine rings is 1. The van der Waals surface area contributed by atoms with Crippen LogP contribution >= 0.6 is 0 Å². The second-order valence-electron chi connectivity index (χ2n) is 7.95. The largest absolute Gasteiger partial charge is 0.372 e. The maximum Gasteiger partial charge on any atom is 0.253 e. The van der Waals surface area contributed by atoms with Crippen molar-refractivity contribution < 1.29 is 14.3 Å². The molecule has 5 rings (SSSR count). The zero-order valence-corrected chi connectivity index (χ0v) is 16.2. The van der Waals surface area contributed by atoms with Gasteiger partial charge in [0, 0.05) is 60.5 Å². The number of aromatic amines is 1. The van der Waals surface area contributed by atoms with Crippen molar-refractivity contribution in [3.8, 4) is 11.3 Å². The van der Waals surface area contributed by atoms with E-state index in [2.05, 4.69) is 15.3 Å². The van der Waals surface area contributed by atoms with E-state index in [-0.39, 0.29) is 23.8 Å². The molecule has 2 aromatic heterocycles. The van der Waals surface area contributed by atoms with Gasteiger partial charge < -0.3 is 19.9 Å². The molecule has 0 spiro atoms. The van der Waals surface area contributed by atoms with E-state index in [0.717, 1.165) is 41.9 Å². The average molecular weight is 392 g/mol. The average Bonchev–Trinajstić information content (AvgIpc) is 3.20. The maximum atomic E-state index is 12.6. The summed E-state index contributed by atoms with van der Waals surface area (Å²) >= 11 is 0. The van der Waals surface area contributed by atoms with Crippen molar-refractivity contribution in [1.82, 2.24) is 20.2 Å². The van der Waals surface area contributed by atoms with Gasteiger partial charge in [0.25, 0.3) is 5.91 Å². The Bertz CT molecular complexity index is 980.